The van der Waals surface area contributed by atoms with Gasteiger partial charge in [-0.15, -0.1) is 0 Å². The number of pyridine rings is 1. The van der Waals surface area contributed by atoms with Crippen LogP contribution < -0.4 is 10.1 Å². The van der Waals surface area contributed by atoms with E-state index in [0.717, 1.165) is 16.3 Å². The van der Waals surface area contributed by atoms with Gasteiger partial charge in [0.2, 0.25) is 0 Å². The van der Waals surface area contributed by atoms with E-state index in [4.69, 9.17) is 15.3 Å². The molecule has 0 radical (unpaired) electrons. The van der Waals surface area contributed by atoms with E-state index in [1.807, 2.05) is 32.0 Å². The lowest BCUT2D eigenvalue weighted by atomic mass is 10.0. The molecule has 3 rings (SSSR count). The van der Waals surface area contributed by atoms with Gasteiger partial charge in [-0.1, -0.05) is 12.1 Å². The molecule has 148 valence electrons. The largest absolute Gasteiger partial charge is 0.491 e. The minimum absolute atomic E-state index is 0.0711. The van der Waals surface area contributed by atoms with E-state index in [1.165, 1.54) is 6.21 Å². The molecule has 1 heterocycles. The smallest absolute Gasteiger partial charge is 0.256 e. The van der Waals surface area contributed by atoms with Gasteiger partial charge in [0.1, 0.15) is 11.6 Å². The van der Waals surface area contributed by atoms with Crippen molar-refractivity contribution in [2.24, 2.45) is 0 Å². The first-order valence-corrected chi connectivity index (χ1v) is 9.30. The van der Waals surface area contributed by atoms with Crippen LogP contribution in [0.1, 0.15) is 29.8 Å². The van der Waals surface area contributed by atoms with E-state index in [9.17, 15) is 4.79 Å². The molecule has 6 heteroatoms. The van der Waals surface area contributed by atoms with Gasteiger partial charge in [0.15, 0.2) is 0 Å². The van der Waals surface area contributed by atoms with Gasteiger partial charge in [0.05, 0.1) is 12.7 Å². The van der Waals surface area contributed by atoms with Crippen molar-refractivity contribution in [2.45, 2.75) is 20.0 Å². The van der Waals surface area contributed by atoms with Crippen molar-refractivity contribution in [3.63, 3.8) is 0 Å². The molecule has 0 fully saturated rings. The molecule has 29 heavy (non-hydrogen) atoms. The van der Waals surface area contributed by atoms with E-state index in [1.54, 1.807) is 42.6 Å². The fourth-order valence-corrected chi connectivity index (χ4v) is 2.89. The molecule has 1 amide bonds. The van der Waals surface area contributed by atoms with Crippen molar-refractivity contribution >= 4 is 34.3 Å². The summed E-state index contributed by atoms with van der Waals surface area (Å²) in [6, 6.07) is 14.4. The van der Waals surface area contributed by atoms with Crippen LogP contribution >= 0.6 is 0 Å². The third-order valence-corrected chi connectivity index (χ3v) is 4.25. The summed E-state index contributed by atoms with van der Waals surface area (Å²) in [6.45, 7) is 3.76. The maximum atomic E-state index is 12.5. The zero-order chi connectivity index (χ0) is 20.8. The maximum absolute atomic E-state index is 12.5. The Bertz CT molecular complexity index is 1060. The van der Waals surface area contributed by atoms with Crippen LogP contribution in [0, 0.1) is 5.41 Å². The monoisotopic (exact) mass is 389 g/mol. The van der Waals surface area contributed by atoms with E-state index in [-0.39, 0.29) is 18.6 Å². The lowest BCUT2D eigenvalue weighted by molar-refractivity contribution is 0.102. The third-order valence-electron chi connectivity index (χ3n) is 4.25. The van der Waals surface area contributed by atoms with Gasteiger partial charge >= 0.3 is 0 Å². The second-order valence-corrected chi connectivity index (χ2v) is 6.76. The quantitative estimate of drug-likeness (QED) is 0.525. The van der Waals surface area contributed by atoms with Gasteiger partial charge in [-0.3, -0.25) is 4.79 Å². The number of fused-ring (bicyclic) bond motifs is 1. The Morgan fingerprint density at radius 2 is 1.86 bits per heavy atom. The number of rotatable bonds is 7. The first-order valence-electron chi connectivity index (χ1n) is 9.30. The minimum Gasteiger partial charge on any atom is -0.491 e. The normalized spacial score (nSPS) is 11.5. The number of hydrogen-bond acceptors (Lipinski definition) is 5. The number of anilines is 1. The number of nitrogens with zero attached hydrogens (tertiary/aromatic N) is 1. The summed E-state index contributed by atoms with van der Waals surface area (Å²) >= 11 is 0. The second-order valence-electron chi connectivity index (χ2n) is 6.76. The van der Waals surface area contributed by atoms with Gasteiger partial charge in [-0.05, 0) is 72.8 Å². The molecule has 0 bridgehead atoms. The van der Waals surface area contributed by atoms with Gasteiger partial charge in [0, 0.05) is 23.4 Å². The first kappa shape index (κ1) is 20.2. The third kappa shape index (κ3) is 5.06. The lowest BCUT2D eigenvalue weighted by Gasteiger charge is -2.10. The molecule has 1 aromatic heterocycles. The Morgan fingerprint density at radius 1 is 1.14 bits per heavy atom. The number of aliphatic hydroxyl groups excluding tert-OH is 1. The molecular weight excluding hydrogens is 366 g/mol. The number of benzene rings is 2. The second kappa shape index (κ2) is 9.12. The Hall–Kier alpha value is -3.51. The molecule has 6 nitrogen and oxygen atoms in total. The summed E-state index contributed by atoms with van der Waals surface area (Å²) in [6.07, 6.45) is 4.54. The molecule has 0 aliphatic carbocycles. The van der Waals surface area contributed by atoms with Crippen molar-refractivity contribution in [2.75, 3.05) is 11.9 Å². The predicted molar refractivity (Wildman–Crippen MR) is 116 cm³/mol. The van der Waals surface area contributed by atoms with E-state index < -0.39 is 0 Å². The molecule has 2 aromatic carbocycles. The lowest BCUT2D eigenvalue weighted by Crippen LogP contribution is -2.13. The van der Waals surface area contributed by atoms with Crippen LogP contribution in [0.3, 0.4) is 0 Å². The number of allylic oxidation sites excluding steroid dienone is 1. The van der Waals surface area contributed by atoms with Crippen molar-refractivity contribution in [3.8, 4) is 5.75 Å². The fourth-order valence-electron chi connectivity index (χ4n) is 2.89. The van der Waals surface area contributed by atoms with Crippen LogP contribution in [0.25, 0.3) is 16.3 Å². The number of amides is 1. The number of nitrogens with one attached hydrogen (secondary N) is 2. The Labute approximate surface area is 169 Å². The van der Waals surface area contributed by atoms with Crippen LogP contribution in [0.15, 0.2) is 60.8 Å². The molecule has 0 spiro atoms. The number of hydrogen-bond donors (Lipinski definition) is 3. The van der Waals surface area contributed by atoms with Gasteiger partial charge < -0.3 is 20.6 Å². The Kier molecular flexibility index (Phi) is 6.36. The Morgan fingerprint density at radius 3 is 2.52 bits per heavy atom. The van der Waals surface area contributed by atoms with Crippen molar-refractivity contribution in [1.29, 1.82) is 5.41 Å². The molecule has 3 aromatic rings. The van der Waals surface area contributed by atoms with Gasteiger partial charge in [-0.2, -0.15) is 0 Å². The molecular formula is C23H23N3O3. The number of aromatic nitrogens is 1. The summed E-state index contributed by atoms with van der Waals surface area (Å²) < 4.78 is 5.59. The van der Waals surface area contributed by atoms with Crippen LogP contribution in [0.5, 0.6) is 5.75 Å². The summed E-state index contributed by atoms with van der Waals surface area (Å²) in [5, 5.41) is 21.2. The molecule has 0 saturated carbocycles. The van der Waals surface area contributed by atoms with E-state index in [0.29, 0.717) is 22.7 Å². The molecule has 0 saturated heterocycles. The highest BCUT2D eigenvalue weighted by atomic mass is 16.5. The standard InChI is InChI=1S/C23H23N3O3/c1-15(2)29-21-7-5-16(6-8-21)23(28)26-22-12-20-11-17(18(13-24)9-10-27)3-4-19(20)14-25-22/h3-9,11-15,24,27H,10H2,1-2H3,(H,25,26,28)/b18-9-,24-13?. The van der Waals surface area contributed by atoms with Gasteiger partial charge in [0.25, 0.3) is 5.91 Å². The average Bonchev–Trinajstić information content (AvgIpc) is 2.71. The van der Waals surface area contributed by atoms with Gasteiger partial charge in [-0.25, -0.2) is 4.98 Å². The Balaban J connectivity index is 1.81. The number of carbonyl (C=O) groups excluding carboxylic acids is 1. The van der Waals surface area contributed by atoms with E-state index in [2.05, 4.69) is 10.3 Å². The van der Waals surface area contributed by atoms with Crippen LogP contribution in [-0.2, 0) is 0 Å². The summed E-state index contributed by atoms with van der Waals surface area (Å²) in [4.78, 5) is 16.8. The molecule has 0 aliphatic rings. The van der Waals surface area contributed by atoms with Crippen molar-refractivity contribution in [3.05, 3.63) is 71.9 Å². The van der Waals surface area contributed by atoms with Crippen LogP contribution in [0.4, 0.5) is 5.82 Å². The highest BCUT2D eigenvalue weighted by Gasteiger charge is 2.09. The van der Waals surface area contributed by atoms with E-state index >= 15 is 0 Å². The minimum atomic E-state index is -0.260. The highest BCUT2D eigenvalue weighted by Crippen LogP contribution is 2.22. The SMILES string of the molecule is CC(C)Oc1ccc(C(=O)Nc2cc3cc(/C(C=N)=C\CO)ccc3cn2)cc1. The summed E-state index contributed by atoms with van der Waals surface area (Å²) in [5.74, 6) is 0.889. The fraction of sp³-hybridized carbons (Fsp3) is 0.174. The summed E-state index contributed by atoms with van der Waals surface area (Å²) in [7, 11) is 0. The highest BCUT2D eigenvalue weighted by molar-refractivity contribution is 6.09. The number of carbonyl (C=O) groups is 1. The topological polar surface area (TPSA) is 95.3 Å². The predicted octanol–water partition coefficient (Wildman–Crippen LogP) is 4.30. The molecule has 0 unspecified atom stereocenters. The first-order chi connectivity index (χ1) is 14.0. The van der Waals surface area contributed by atoms with Crippen LogP contribution in [0.2, 0.25) is 0 Å². The average molecular weight is 389 g/mol. The molecule has 3 N–H and O–H groups in total. The zero-order valence-electron chi connectivity index (χ0n) is 16.3. The zero-order valence-corrected chi connectivity index (χ0v) is 16.3. The molecule has 0 atom stereocenters. The number of ether oxygens (including phenoxy) is 1. The van der Waals surface area contributed by atoms with Crippen molar-refractivity contribution in [1.82, 2.24) is 4.98 Å². The maximum Gasteiger partial charge on any atom is 0.256 e. The summed E-state index contributed by atoms with van der Waals surface area (Å²) in [5.41, 5.74) is 1.94. The molecule has 0 aliphatic heterocycles. The van der Waals surface area contributed by atoms with Crippen molar-refractivity contribution < 1.29 is 14.6 Å². The number of aliphatic hydroxyl groups is 1. The van der Waals surface area contributed by atoms with Crippen LogP contribution in [-0.4, -0.2) is 34.9 Å².